The zero-order valence-electron chi connectivity index (χ0n) is 12.3. The Morgan fingerprint density at radius 3 is 2.86 bits per heavy atom. The van der Waals surface area contributed by atoms with Gasteiger partial charge in [-0.05, 0) is 66.1 Å². The summed E-state index contributed by atoms with van der Waals surface area (Å²) in [4.78, 5) is 18.8. The van der Waals surface area contributed by atoms with Gasteiger partial charge < -0.3 is 4.90 Å². The van der Waals surface area contributed by atoms with Crippen molar-refractivity contribution in [3.8, 4) is 0 Å². The van der Waals surface area contributed by atoms with Crippen LogP contribution in [0.1, 0.15) is 35.1 Å². The van der Waals surface area contributed by atoms with E-state index in [1.54, 1.807) is 17.4 Å². The highest BCUT2D eigenvalue weighted by Crippen LogP contribution is 2.32. The maximum absolute atomic E-state index is 12.5. The lowest BCUT2D eigenvalue weighted by atomic mass is 10.0. The molecule has 3 rings (SSSR count). The van der Waals surface area contributed by atoms with Crippen LogP contribution in [-0.4, -0.2) is 22.3 Å². The highest BCUT2D eigenvalue weighted by Gasteiger charge is 2.28. The number of carbonyl (C=O) groups is 1. The number of benzene rings is 1. The van der Waals surface area contributed by atoms with Gasteiger partial charge in [0.1, 0.15) is 0 Å². The number of likely N-dealkylation sites (tertiary alicyclic amines) is 1. The van der Waals surface area contributed by atoms with E-state index in [0.717, 1.165) is 30.1 Å². The van der Waals surface area contributed by atoms with Gasteiger partial charge in [-0.3, -0.25) is 4.79 Å². The third-order valence-corrected chi connectivity index (χ3v) is 5.34. The Morgan fingerprint density at radius 2 is 2.18 bits per heavy atom. The highest BCUT2D eigenvalue weighted by atomic mass is 127. The van der Waals surface area contributed by atoms with Crippen LogP contribution in [0.15, 0.2) is 35.7 Å². The maximum Gasteiger partial charge on any atom is 0.247 e. The van der Waals surface area contributed by atoms with Gasteiger partial charge in [0.15, 0.2) is 0 Å². The van der Waals surface area contributed by atoms with Crippen molar-refractivity contribution in [2.24, 2.45) is 0 Å². The number of carbonyl (C=O) groups excluding carboxylic acids is 1. The molecule has 22 heavy (non-hydrogen) atoms. The summed E-state index contributed by atoms with van der Waals surface area (Å²) >= 11 is 3.90. The topological polar surface area (TPSA) is 33.2 Å². The van der Waals surface area contributed by atoms with Crippen LogP contribution in [-0.2, 0) is 4.79 Å². The first-order valence-corrected chi connectivity index (χ1v) is 9.25. The van der Waals surface area contributed by atoms with Crippen LogP contribution in [0.2, 0.25) is 0 Å². The molecule has 1 aromatic carbocycles. The molecule has 2 heterocycles. The third kappa shape index (κ3) is 3.57. The van der Waals surface area contributed by atoms with E-state index in [4.69, 9.17) is 0 Å². The quantitative estimate of drug-likeness (QED) is 0.540. The molecule has 1 aromatic heterocycles. The van der Waals surface area contributed by atoms with Gasteiger partial charge in [-0.15, -0.1) is 11.3 Å². The predicted molar refractivity (Wildman–Crippen MR) is 98.7 cm³/mol. The van der Waals surface area contributed by atoms with Crippen LogP contribution >= 0.6 is 33.9 Å². The Labute approximate surface area is 148 Å². The number of amides is 1. The summed E-state index contributed by atoms with van der Waals surface area (Å²) in [6.07, 6.45) is 5.57. The van der Waals surface area contributed by atoms with Gasteiger partial charge in [0, 0.05) is 21.6 Å². The van der Waals surface area contributed by atoms with E-state index in [1.807, 2.05) is 23.3 Å². The van der Waals surface area contributed by atoms with Gasteiger partial charge in [0.2, 0.25) is 5.91 Å². The summed E-state index contributed by atoms with van der Waals surface area (Å²) in [5.74, 6) is 0.0757. The van der Waals surface area contributed by atoms with Crippen LogP contribution < -0.4 is 0 Å². The molecule has 0 N–H and O–H groups in total. The van der Waals surface area contributed by atoms with E-state index in [2.05, 4.69) is 51.8 Å². The van der Waals surface area contributed by atoms with Crippen molar-refractivity contribution >= 4 is 45.9 Å². The van der Waals surface area contributed by atoms with Gasteiger partial charge in [0.05, 0.1) is 16.7 Å². The largest absolute Gasteiger partial charge is 0.332 e. The van der Waals surface area contributed by atoms with Crippen molar-refractivity contribution < 1.29 is 4.79 Å². The number of aryl methyl sites for hydroxylation is 1. The normalized spacial score (nSPS) is 18.3. The van der Waals surface area contributed by atoms with Crippen LogP contribution in [0, 0.1) is 10.5 Å². The maximum atomic E-state index is 12.5. The Kier molecular flexibility index (Phi) is 4.93. The first-order chi connectivity index (χ1) is 10.6. The molecule has 1 atom stereocenters. The summed E-state index contributed by atoms with van der Waals surface area (Å²) in [5, 5.41) is 2.99. The van der Waals surface area contributed by atoms with Crippen molar-refractivity contribution in [2.45, 2.75) is 25.8 Å². The summed E-state index contributed by atoms with van der Waals surface area (Å²) in [5.41, 5.74) is 2.09. The molecule has 114 valence electrons. The van der Waals surface area contributed by atoms with Gasteiger partial charge in [0.25, 0.3) is 0 Å². The van der Waals surface area contributed by atoms with Crippen molar-refractivity contribution in [2.75, 3.05) is 6.54 Å². The lowest BCUT2D eigenvalue weighted by Crippen LogP contribution is -2.28. The van der Waals surface area contributed by atoms with Crippen molar-refractivity contribution in [3.05, 3.63) is 55.6 Å². The third-order valence-electron chi connectivity index (χ3n) is 3.82. The van der Waals surface area contributed by atoms with E-state index in [9.17, 15) is 4.79 Å². The molecule has 1 saturated heterocycles. The fraction of sp³-hybridized carbons (Fsp3) is 0.294. The molecular formula is C17H17IN2OS. The second kappa shape index (κ2) is 6.91. The highest BCUT2D eigenvalue weighted by molar-refractivity contribution is 14.1. The summed E-state index contributed by atoms with van der Waals surface area (Å²) in [7, 11) is 0. The zero-order valence-corrected chi connectivity index (χ0v) is 15.3. The second-order valence-corrected chi connectivity index (χ2v) is 7.67. The standard InChI is InChI=1S/C17H17IN2OS/c1-12-19-15(11-22-12)8-9-17(21)20-10-2-3-16(20)13-4-6-14(18)7-5-13/h4-9,11,16H,2-3,10H2,1H3/b9-8-/t16-/m0/s1. The van der Waals surface area contributed by atoms with Crippen molar-refractivity contribution in [3.63, 3.8) is 0 Å². The first kappa shape index (κ1) is 15.7. The monoisotopic (exact) mass is 424 g/mol. The van der Waals surface area contributed by atoms with Crippen molar-refractivity contribution in [1.82, 2.24) is 9.88 Å². The Morgan fingerprint density at radius 1 is 1.41 bits per heavy atom. The average molecular weight is 424 g/mol. The molecule has 0 saturated carbocycles. The van der Waals surface area contributed by atoms with E-state index >= 15 is 0 Å². The summed E-state index contributed by atoms with van der Waals surface area (Å²) in [6, 6.07) is 8.67. The van der Waals surface area contributed by atoms with Crippen LogP contribution in [0.4, 0.5) is 0 Å². The Hall–Kier alpha value is -1.21. The molecule has 0 aliphatic carbocycles. The van der Waals surface area contributed by atoms with E-state index in [0.29, 0.717) is 0 Å². The molecule has 5 heteroatoms. The lowest BCUT2D eigenvalue weighted by molar-refractivity contribution is -0.126. The van der Waals surface area contributed by atoms with Crippen LogP contribution in [0.25, 0.3) is 6.08 Å². The molecule has 1 amide bonds. The minimum Gasteiger partial charge on any atom is -0.332 e. The molecule has 0 bridgehead atoms. The molecule has 1 aliphatic heterocycles. The van der Waals surface area contributed by atoms with Gasteiger partial charge in [-0.2, -0.15) is 0 Å². The molecule has 1 fully saturated rings. The number of hydrogen-bond donors (Lipinski definition) is 0. The Bertz CT molecular complexity index is 693. The fourth-order valence-electron chi connectivity index (χ4n) is 2.77. The van der Waals surface area contributed by atoms with E-state index in [1.165, 1.54) is 9.13 Å². The van der Waals surface area contributed by atoms with Crippen LogP contribution in [0.3, 0.4) is 0 Å². The van der Waals surface area contributed by atoms with Gasteiger partial charge in [-0.25, -0.2) is 4.98 Å². The van der Waals surface area contributed by atoms with E-state index in [-0.39, 0.29) is 11.9 Å². The Balaban J connectivity index is 1.73. The van der Waals surface area contributed by atoms with Crippen LogP contribution in [0.5, 0.6) is 0 Å². The number of hydrogen-bond acceptors (Lipinski definition) is 3. The van der Waals surface area contributed by atoms with E-state index < -0.39 is 0 Å². The zero-order chi connectivity index (χ0) is 15.5. The molecule has 0 spiro atoms. The second-order valence-electron chi connectivity index (χ2n) is 5.37. The molecule has 2 aromatic rings. The number of nitrogens with zero attached hydrogens (tertiary/aromatic N) is 2. The van der Waals surface area contributed by atoms with Gasteiger partial charge in [-0.1, -0.05) is 12.1 Å². The van der Waals surface area contributed by atoms with Crippen molar-refractivity contribution in [1.29, 1.82) is 0 Å². The predicted octanol–water partition coefficient (Wildman–Crippen LogP) is 4.43. The number of rotatable bonds is 3. The number of aromatic nitrogens is 1. The average Bonchev–Trinajstić information content (AvgIpc) is 3.14. The number of thiazole rings is 1. The summed E-state index contributed by atoms with van der Waals surface area (Å²) in [6.45, 7) is 2.80. The smallest absolute Gasteiger partial charge is 0.247 e. The molecular weight excluding hydrogens is 407 g/mol. The van der Waals surface area contributed by atoms with Gasteiger partial charge >= 0.3 is 0 Å². The first-order valence-electron chi connectivity index (χ1n) is 7.30. The molecule has 3 nitrogen and oxygen atoms in total. The lowest BCUT2D eigenvalue weighted by Gasteiger charge is -2.23. The summed E-state index contributed by atoms with van der Waals surface area (Å²) < 4.78 is 1.22. The molecule has 0 radical (unpaired) electrons. The molecule has 0 unspecified atom stereocenters. The SMILES string of the molecule is Cc1nc(/C=C\C(=O)N2CCC[C@H]2c2ccc(I)cc2)cs1. The minimum atomic E-state index is 0.0757. The molecule has 1 aliphatic rings. The fourth-order valence-corrected chi connectivity index (χ4v) is 3.71. The number of halogens is 1. The minimum absolute atomic E-state index is 0.0757.